The first-order valence-electron chi connectivity index (χ1n) is 4.78. The zero-order valence-corrected chi connectivity index (χ0v) is 8.15. The molecule has 0 spiro atoms. The Morgan fingerprint density at radius 3 is 1.62 bits per heavy atom. The Bertz CT molecular complexity index is 127. The Hall–Kier alpha value is -0.600. The largest absolute Gasteiger partial charge is 0.393 e. The molecule has 0 amide bonds. The zero-order valence-electron chi connectivity index (χ0n) is 8.15. The van der Waals surface area contributed by atoms with Gasteiger partial charge in [-0.25, -0.2) is 0 Å². The Kier molecular flexibility index (Phi) is 7.65. The fourth-order valence-corrected chi connectivity index (χ4v) is 1.17. The summed E-state index contributed by atoms with van der Waals surface area (Å²) in [5, 5.41) is 18.8. The van der Waals surface area contributed by atoms with Crippen molar-refractivity contribution in [3.05, 3.63) is 25.3 Å². The lowest BCUT2D eigenvalue weighted by molar-refractivity contribution is 0.0722. The van der Waals surface area contributed by atoms with Crippen molar-refractivity contribution < 1.29 is 10.2 Å². The molecule has 0 aromatic carbocycles. The highest BCUT2D eigenvalue weighted by atomic mass is 16.3. The number of rotatable bonds is 8. The molecular formula is C11H20O2. The summed E-state index contributed by atoms with van der Waals surface area (Å²) in [7, 11) is 0. The summed E-state index contributed by atoms with van der Waals surface area (Å²) in [5.74, 6) is 0. The van der Waals surface area contributed by atoms with E-state index in [9.17, 15) is 10.2 Å². The second-order valence-corrected chi connectivity index (χ2v) is 3.28. The maximum Gasteiger partial charge on any atom is 0.0567 e. The molecule has 0 heterocycles. The van der Waals surface area contributed by atoms with Crippen LogP contribution < -0.4 is 0 Å². The molecule has 0 saturated carbocycles. The van der Waals surface area contributed by atoms with E-state index in [-0.39, 0.29) is 0 Å². The van der Waals surface area contributed by atoms with Crippen molar-refractivity contribution in [1.29, 1.82) is 0 Å². The molecule has 0 aromatic rings. The van der Waals surface area contributed by atoms with Crippen molar-refractivity contribution in [2.24, 2.45) is 0 Å². The Morgan fingerprint density at radius 2 is 1.31 bits per heavy atom. The first kappa shape index (κ1) is 12.4. The summed E-state index contributed by atoms with van der Waals surface area (Å²) in [4.78, 5) is 0. The van der Waals surface area contributed by atoms with Gasteiger partial charge in [-0.15, -0.1) is 13.2 Å². The summed E-state index contributed by atoms with van der Waals surface area (Å²) >= 11 is 0. The van der Waals surface area contributed by atoms with E-state index in [2.05, 4.69) is 13.2 Å². The van der Waals surface area contributed by atoms with E-state index in [4.69, 9.17) is 0 Å². The molecule has 0 radical (unpaired) electrons. The van der Waals surface area contributed by atoms with Gasteiger partial charge in [-0.1, -0.05) is 12.2 Å². The van der Waals surface area contributed by atoms with Crippen molar-refractivity contribution >= 4 is 0 Å². The second kappa shape index (κ2) is 8.02. The highest BCUT2D eigenvalue weighted by Crippen LogP contribution is 2.09. The summed E-state index contributed by atoms with van der Waals surface area (Å²) in [6.45, 7) is 7.15. The lowest BCUT2D eigenvalue weighted by atomic mass is 10.0. The fourth-order valence-electron chi connectivity index (χ4n) is 1.17. The van der Waals surface area contributed by atoms with Gasteiger partial charge in [-0.3, -0.25) is 0 Å². The molecule has 0 aliphatic carbocycles. The highest BCUT2D eigenvalue weighted by molar-refractivity contribution is 4.73. The third kappa shape index (κ3) is 7.75. The molecular weight excluding hydrogens is 164 g/mol. The first-order chi connectivity index (χ1) is 6.20. The summed E-state index contributed by atoms with van der Waals surface area (Å²) < 4.78 is 0. The number of hydrogen-bond donors (Lipinski definition) is 2. The van der Waals surface area contributed by atoms with E-state index < -0.39 is 12.2 Å². The normalized spacial score (nSPS) is 14.9. The van der Waals surface area contributed by atoms with Crippen LogP contribution in [0.4, 0.5) is 0 Å². The van der Waals surface area contributed by atoms with Crippen molar-refractivity contribution in [1.82, 2.24) is 0 Å². The predicted octanol–water partition coefficient (Wildman–Crippen LogP) is 2.03. The summed E-state index contributed by atoms with van der Waals surface area (Å²) in [6, 6.07) is 0. The van der Waals surface area contributed by atoms with Gasteiger partial charge in [-0.05, 0) is 32.1 Å². The molecule has 13 heavy (non-hydrogen) atoms. The molecule has 0 bridgehead atoms. The van der Waals surface area contributed by atoms with Crippen molar-refractivity contribution in [3.63, 3.8) is 0 Å². The molecule has 2 atom stereocenters. The van der Waals surface area contributed by atoms with Crippen LogP contribution >= 0.6 is 0 Å². The number of hydrogen-bond acceptors (Lipinski definition) is 2. The van der Waals surface area contributed by atoms with E-state index in [0.717, 1.165) is 12.8 Å². The van der Waals surface area contributed by atoms with Gasteiger partial charge < -0.3 is 10.2 Å². The van der Waals surface area contributed by atoms with Crippen LogP contribution in [0.2, 0.25) is 0 Å². The van der Waals surface area contributed by atoms with Crippen LogP contribution in [0.5, 0.6) is 0 Å². The topological polar surface area (TPSA) is 40.5 Å². The predicted molar refractivity (Wildman–Crippen MR) is 55.5 cm³/mol. The van der Waals surface area contributed by atoms with Crippen LogP contribution in [0.3, 0.4) is 0 Å². The van der Waals surface area contributed by atoms with Crippen molar-refractivity contribution in [2.75, 3.05) is 0 Å². The van der Waals surface area contributed by atoms with E-state index in [1.807, 2.05) is 0 Å². The summed E-state index contributed by atoms with van der Waals surface area (Å²) in [5.41, 5.74) is 0. The van der Waals surface area contributed by atoms with Crippen LogP contribution in [0.25, 0.3) is 0 Å². The van der Waals surface area contributed by atoms with Crippen LogP contribution in [-0.4, -0.2) is 22.4 Å². The molecule has 0 aromatic heterocycles. The van der Waals surface area contributed by atoms with Gasteiger partial charge in [0.15, 0.2) is 0 Å². The second-order valence-electron chi connectivity index (χ2n) is 3.28. The van der Waals surface area contributed by atoms with E-state index in [1.54, 1.807) is 12.2 Å². The van der Waals surface area contributed by atoms with Crippen LogP contribution in [0, 0.1) is 0 Å². The van der Waals surface area contributed by atoms with Crippen molar-refractivity contribution in [3.8, 4) is 0 Å². The zero-order chi connectivity index (χ0) is 10.1. The average Bonchev–Trinajstić information content (AvgIpc) is 2.11. The minimum Gasteiger partial charge on any atom is -0.393 e. The monoisotopic (exact) mass is 184 g/mol. The average molecular weight is 184 g/mol. The molecule has 0 rings (SSSR count). The smallest absolute Gasteiger partial charge is 0.0567 e. The quantitative estimate of drug-likeness (QED) is 0.567. The van der Waals surface area contributed by atoms with Gasteiger partial charge in [0.1, 0.15) is 0 Å². The van der Waals surface area contributed by atoms with Crippen LogP contribution in [0.15, 0.2) is 25.3 Å². The van der Waals surface area contributed by atoms with Gasteiger partial charge >= 0.3 is 0 Å². The molecule has 2 unspecified atom stereocenters. The van der Waals surface area contributed by atoms with Crippen molar-refractivity contribution in [2.45, 2.75) is 44.3 Å². The third-order valence-corrected chi connectivity index (χ3v) is 1.95. The maximum atomic E-state index is 9.42. The lowest BCUT2D eigenvalue weighted by Gasteiger charge is -2.13. The van der Waals surface area contributed by atoms with E-state index in [0.29, 0.717) is 19.3 Å². The van der Waals surface area contributed by atoms with Gasteiger partial charge in [0.25, 0.3) is 0 Å². The van der Waals surface area contributed by atoms with Gasteiger partial charge in [0.05, 0.1) is 12.2 Å². The third-order valence-electron chi connectivity index (χ3n) is 1.95. The lowest BCUT2D eigenvalue weighted by Crippen LogP contribution is -2.17. The molecule has 0 fully saturated rings. The van der Waals surface area contributed by atoms with Gasteiger partial charge in [0, 0.05) is 0 Å². The molecule has 2 heteroatoms. The molecule has 2 nitrogen and oxygen atoms in total. The molecule has 2 N–H and O–H groups in total. The SMILES string of the molecule is C=CCCC(O)CC(O)CCC=C. The molecule has 0 saturated heterocycles. The standard InChI is InChI=1S/C11H20O2/c1-3-5-7-10(12)9-11(13)8-6-4-2/h3-4,10-13H,1-2,5-9H2. The maximum absolute atomic E-state index is 9.42. The Morgan fingerprint density at radius 1 is 0.923 bits per heavy atom. The number of aliphatic hydroxyl groups excluding tert-OH is 2. The number of aliphatic hydroxyl groups is 2. The fraction of sp³-hybridized carbons (Fsp3) is 0.636. The minimum atomic E-state index is -0.405. The van der Waals surface area contributed by atoms with Gasteiger partial charge in [0.2, 0.25) is 0 Å². The van der Waals surface area contributed by atoms with Crippen LogP contribution in [-0.2, 0) is 0 Å². The Balaban J connectivity index is 3.45. The molecule has 76 valence electrons. The van der Waals surface area contributed by atoms with E-state index >= 15 is 0 Å². The summed E-state index contributed by atoms with van der Waals surface area (Å²) in [6.07, 6.45) is 6.18. The molecule has 0 aliphatic heterocycles. The van der Waals surface area contributed by atoms with Crippen LogP contribution in [0.1, 0.15) is 32.1 Å². The highest BCUT2D eigenvalue weighted by Gasteiger charge is 2.09. The first-order valence-corrected chi connectivity index (χ1v) is 4.78. The van der Waals surface area contributed by atoms with E-state index in [1.165, 1.54) is 0 Å². The number of allylic oxidation sites excluding steroid dienone is 2. The Labute approximate surface area is 80.6 Å². The molecule has 0 aliphatic rings. The minimum absolute atomic E-state index is 0.405. The van der Waals surface area contributed by atoms with Gasteiger partial charge in [-0.2, -0.15) is 0 Å².